The van der Waals surface area contributed by atoms with Gasteiger partial charge in [-0.05, 0) is 67.3 Å². The lowest BCUT2D eigenvalue weighted by atomic mass is 10.0. The molecule has 0 bridgehead atoms. The molecule has 0 unspecified atom stereocenters. The van der Waals surface area contributed by atoms with E-state index >= 15 is 0 Å². The van der Waals surface area contributed by atoms with Crippen LogP contribution in [0.4, 0.5) is 5.69 Å². The molecule has 1 N–H and O–H groups in total. The van der Waals surface area contributed by atoms with Crippen molar-refractivity contribution in [2.45, 2.75) is 58.9 Å². The number of rotatable bonds is 15. The Hall–Kier alpha value is -4.83. The van der Waals surface area contributed by atoms with E-state index in [1.165, 1.54) is 0 Å². The van der Waals surface area contributed by atoms with Crippen LogP contribution in [0.25, 0.3) is 11.0 Å². The van der Waals surface area contributed by atoms with Crippen LogP contribution in [0.1, 0.15) is 72.9 Å². The first-order valence-electron chi connectivity index (χ1n) is 17.9. The fourth-order valence-corrected chi connectivity index (χ4v) is 6.43. The van der Waals surface area contributed by atoms with E-state index in [0.717, 1.165) is 43.0 Å². The van der Waals surface area contributed by atoms with E-state index in [-0.39, 0.29) is 35.0 Å². The zero-order valence-electron chi connectivity index (χ0n) is 29.7. The molecule has 3 amide bonds. The molecule has 0 spiro atoms. The highest BCUT2D eigenvalue weighted by molar-refractivity contribution is 6.30. The van der Waals surface area contributed by atoms with Crippen LogP contribution in [-0.4, -0.2) is 79.4 Å². The number of halogens is 1. The average molecular weight is 715 g/mol. The molecule has 51 heavy (non-hydrogen) atoms. The van der Waals surface area contributed by atoms with Crippen molar-refractivity contribution in [3.63, 3.8) is 0 Å². The summed E-state index contributed by atoms with van der Waals surface area (Å²) in [5.41, 5.74) is 2.18. The molecule has 0 aliphatic carbocycles. The third-order valence-corrected chi connectivity index (χ3v) is 9.24. The molecule has 0 radical (unpaired) electrons. The van der Waals surface area contributed by atoms with Crippen LogP contribution in [0.2, 0.25) is 5.02 Å². The Morgan fingerprint density at radius 2 is 1.61 bits per heavy atom. The second-order valence-electron chi connectivity index (χ2n) is 12.8. The summed E-state index contributed by atoms with van der Waals surface area (Å²) in [7, 11) is 0. The zero-order chi connectivity index (χ0) is 36.3. The topological polar surface area (TPSA) is 112 Å². The number of nitrogens with zero attached hydrogens (tertiary/aromatic N) is 3. The van der Waals surface area contributed by atoms with Gasteiger partial charge in [0.1, 0.15) is 17.4 Å². The van der Waals surface area contributed by atoms with Gasteiger partial charge >= 0.3 is 0 Å². The number of piperazine rings is 1. The number of benzene rings is 3. The molecule has 1 aromatic heterocycles. The fraction of sp³-hybridized carbons (Fsp3) is 0.400. The maximum Gasteiger partial charge on any atom is 0.287 e. The monoisotopic (exact) mass is 714 g/mol. The first-order chi connectivity index (χ1) is 24.7. The van der Waals surface area contributed by atoms with Gasteiger partial charge < -0.3 is 29.2 Å². The molecule has 1 saturated heterocycles. The first-order valence-corrected chi connectivity index (χ1v) is 18.3. The lowest BCUT2D eigenvalue weighted by Gasteiger charge is -2.38. The number of nitrogens with one attached hydrogen (secondary N) is 1. The molecule has 1 fully saturated rings. The number of carbonyl (C=O) groups excluding carboxylic acids is 3. The van der Waals surface area contributed by atoms with Gasteiger partial charge in [-0.2, -0.15) is 0 Å². The zero-order valence-corrected chi connectivity index (χ0v) is 30.4. The van der Waals surface area contributed by atoms with Gasteiger partial charge in [-0.15, -0.1) is 0 Å². The van der Waals surface area contributed by atoms with Crippen molar-refractivity contribution in [3.8, 4) is 5.75 Å². The quantitative estimate of drug-likeness (QED) is 0.139. The van der Waals surface area contributed by atoms with Gasteiger partial charge in [-0.25, -0.2) is 0 Å². The predicted octanol–water partition coefficient (Wildman–Crippen LogP) is 6.58. The Balaban J connectivity index is 1.32. The second-order valence-corrected chi connectivity index (χ2v) is 13.2. The molecule has 10 nitrogen and oxygen atoms in total. The summed E-state index contributed by atoms with van der Waals surface area (Å²) in [5.74, 6) is -0.540. The number of amides is 3. The maximum atomic E-state index is 14.1. The van der Waals surface area contributed by atoms with E-state index in [1.54, 1.807) is 35.2 Å². The normalized spacial score (nSPS) is 13.6. The van der Waals surface area contributed by atoms with Crippen LogP contribution in [0.5, 0.6) is 5.75 Å². The average Bonchev–Trinajstić information content (AvgIpc) is 3.15. The molecular formula is C40H47ClN4O6. The molecule has 3 aromatic carbocycles. The standard InChI is InChI=1S/C40H47ClN4O6/c1-4-7-24-50-30-16-17-36-32(26-30)35(46)27-37(51-36)38(47)42-33(25-28-12-14-29(41)15-13-28)40(49)45-22-20-43(21-23-45)34-11-9-8-10-31(34)39(48)44(18-5-2)19-6-3/h8-17,26-27,33H,4-7,18-25H2,1-3H3,(H,42,47)/t33-/m1/s1. The summed E-state index contributed by atoms with van der Waals surface area (Å²) >= 11 is 6.12. The number of hydrogen-bond acceptors (Lipinski definition) is 7. The molecule has 1 atom stereocenters. The Labute approximate surface area is 304 Å². The van der Waals surface area contributed by atoms with Crippen LogP contribution in [-0.2, 0) is 11.2 Å². The largest absolute Gasteiger partial charge is 0.494 e. The van der Waals surface area contributed by atoms with Crippen molar-refractivity contribution in [3.05, 3.63) is 105 Å². The summed E-state index contributed by atoms with van der Waals surface area (Å²) in [6, 6.07) is 19.9. The van der Waals surface area contributed by atoms with Crippen LogP contribution in [0.15, 0.2) is 82.0 Å². The number of unbranched alkanes of at least 4 members (excludes halogenated alkanes) is 1. The number of carbonyl (C=O) groups is 3. The van der Waals surface area contributed by atoms with Gasteiger partial charge in [0.2, 0.25) is 5.91 Å². The molecule has 2 heterocycles. The second kappa shape index (κ2) is 17.9. The Morgan fingerprint density at radius 3 is 2.29 bits per heavy atom. The van der Waals surface area contributed by atoms with Crippen molar-refractivity contribution < 1.29 is 23.5 Å². The summed E-state index contributed by atoms with van der Waals surface area (Å²) in [6.07, 6.45) is 3.85. The molecular weight excluding hydrogens is 668 g/mol. The SMILES string of the molecule is CCCCOc1ccc2oc(C(=O)N[C@H](Cc3ccc(Cl)cc3)C(=O)N3CCN(c4ccccc4C(=O)N(CCC)CCC)CC3)cc(=O)c2c1. The van der Waals surface area contributed by atoms with Crippen LogP contribution in [0, 0.1) is 0 Å². The number of para-hydroxylation sites is 1. The number of fused-ring (bicyclic) bond motifs is 1. The van der Waals surface area contributed by atoms with Crippen LogP contribution in [0.3, 0.4) is 0 Å². The highest BCUT2D eigenvalue weighted by Gasteiger charge is 2.31. The minimum absolute atomic E-state index is 0.0136. The molecule has 270 valence electrons. The van der Waals surface area contributed by atoms with E-state index in [9.17, 15) is 19.2 Å². The van der Waals surface area contributed by atoms with E-state index < -0.39 is 11.9 Å². The number of anilines is 1. The van der Waals surface area contributed by atoms with Gasteiger partial charge in [0.15, 0.2) is 11.2 Å². The summed E-state index contributed by atoms with van der Waals surface area (Å²) in [5, 5.41) is 3.71. The highest BCUT2D eigenvalue weighted by Crippen LogP contribution is 2.25. The van der Waals surface area contributed by atoms with Gasteiger partial charge in [0.05, 0.1) is 17.6 Å². The van der Waals surface area contributed by atoms with E-state index in [4.69, 9.17) is 20.8 Å². The third kappa shape index (κ3) is 9.49. The molecule has 4 aromatic rings. The fourth-order valence-electron chi connectivity index (χ4n) is 6.30. The molecule has 11 heteroatoms. The Morgan fingerprint density at radius 1 is 0.902 bits per heavy atom. The lowest BCUT2D eigenvalue weighted by molar-refractivity contribution is -0.133. The van der Waals surface area contributed by atoms with Crippen molar-refractivity contribution in [1.82, 2.24) is 15.1 Å². The van der Waals surface area contributed by atoms with E-state index in [0.29, 0.717) is 67.6 Å². The summed E-state index contributed by atoms with van der Waals surface area (Å²) in [4.78, 5) is 60.2. The molecule has 1 aliphatic heterocycles. The first kappa shape index (κ1) is 37.4. The smallest absolute Gasteiger partial charge is 0.287 e. The van der Waals surface area contributed by atoms with Crippen molar-refractivity contribution in [2.24, 2.45) is 0 Å². The van der Waals surface area contributed by atoms with Gasteiger partial charge in [0, 0.05) is 62.5 Å². The predicted molar refractivity (Wildman–Crippen MR) is 201 cm³/mol. The maximum absolute atomic E-state index is 14.1. The van der Waals surface area contributed by atoms with Crippen molar-refractivity contribution in [2.75, 3.05) is 50.8 Å². The minimum atomic E-state index is -0.939. The van der Waals surface area contributed by atoms with Gasteiger partial charge in [-0.1, -0.05) is 63.1 Å². The Bertz CT molecular complexity index is 1860. The van der Waals surface area contributed by atoms with Crippen molar-refractivity contribution in [1.29, 1.82) is 0 Å². The molecule has 0 saturated carbocycles. The minimum Gasteiger partial charge on any atom is -0.494 e. The highest BCUT2D eigenvalue weighted by atomic mass is 35.5. The molecule has 5 rings (SSSR count). The number of hydrogen-bond donors (Lipinski definition) is 1. The van der Waals surface area contributed by atoms with E-state index in [2.05, 4.69) is 31.0 Å². The Kier molecular flexibility index (Phi) is 13.1. The van der Waals surface area contributed by atoms with E-state index in [1.807, 2.05) is 41.3 Å². The van der Waals surface area contributed by atoms with Gasteiger partial charge in [-0.3, -0.25) is 19.2 Å². The third-order valence-electron chi connectivity index (χ3n) is 8.99. The summed E-state index contributed by atoms with van der Waals surface area (Å²) < 4.78 is 11.6. The van der Waals surface area contributed by atoms with Crippen LogP contribution >= 0.6 is 11.6 Å². The van der Waals surface area contributed by atoms with Crippen molar-refractivity contribution >= 4 is 46.0 Å². The number of ether oxygens (including phenoxy) is 1. The molecule has 1 aliphatic rings. The lowest BCUT2D eigenvalue weighted by Crippen LogP contribution is -2.56. The summed E-state index contributed by atoms with van der Waals surface area (Å²) in [6.45, 7) is 9.97. The van der Waals surface area contributed by atoms with Crippen LogP contribution < -0.4 is 20.4 Å². The van der Waals surface area contributed by atoms with Gasteiger partial charge in [0.25, 0.3) is 11.8 Å².